The first-order valence-electron chi connectivity index (χ1n) is 8.20. The van der Waals surface area contributed by atoms with Crippen molar-refractivity contribution in [2.75, 3.05) is 12.0 Å². The van der Waals surface area contributed by atoms with Crippen molar-refractivity contribution in [3.63, 3.8) is 0 Å². The van der Waals surface area contributed by atoms with Gasteiger partial charge in [0.15, 0.2) is 0 Å². The minimum absolute atomic E-state index is 0.0332. The summed E-state index contributed by atoms with van der Waals surface area (Å²) in [7, 11) is 1.58. The van der Waals surface area contributed by atoms with Gasteiger partial charge in [0.2, 0.25) is 5.28 Å². The first kappa shape index (κ1) is 18.7. The number of carbonyl (C=O) groups excluding carboxylic acids is 1. The van der Waals surface area contributed by atoms with E-state index in [0.29, 0.717) is 23.0 Å². The zero-order chi connectivity index (χ0) is 19.4. The molecule has 1 heterocycles. The number of aryl methyl sites for hydroxylation is 2. The number of methoxy groups -OCH3 is 1. The molecule has 6 nitrogen and oxygen atoms in total. The fraction of sp³-hybridized carbons (Fsp3) is 0.150. The molecular formula is C20H18ClN3O3. The molecule has 0 saturated heterocycles. The summed E-state index contributed by atoms with van der Waals surface area (Å²) < 4.78 is 10.9. The monoisotopic (exact) mass is 383 g/mol. The number of benzene rings is 2. The number of halogens is 1. The van der Waals surface area contributed by atoms with Gasteiger partial charge in [0.1, 0.15) is 17.3 Å². The number of nitrogens with zero attached hydrogens (tertiary/aromatic N) is 3. The van der Waals surface area contributed by atoms with E-state index < -0.39 is 6.09 Å². The van der Waals surface area contributed by atoms with Crippen LogP contribution in [0.4, 0.5) is 16.3 Å². The Labute approximate surface area is 162 Å². The van der Waals surface area contributed by atoms with Gasteiger partial charge in [0.25, 0.3) is 0 Å². The highest BCUT2D eigenvalue weighted by atomic mass is 35.5. The first-order chi connectivity index (χ1) is 13.0. The van der Waals surface area contributed by atoms with Gasteiger partial charge in [-0.1, -0.05) is 18.2 Å². The number of anilines is 2. The highest BCUT2D eigenvalue weighted by molar-refractivity contribution is 6.28. The molecule has 7 heteroatoms. The largest absolute Gasteiger partial charge is 0.497 e. The number of rotatable bonds is 4. The van der Waals surface area contributed by atoms with Gasteiger partial charge in [0.05, 0.1) is 12.8 Å². The molecule has 0 bridgehead atoms. The van der Waals surface area contributed by atoms with E-state index in [1.165, 1.54) is 11.1 Å². The lowest BCUT2D eigenvalue weighted by molar-refractivity contribution is 0.209. The average molecular weight is 384 g/mol. The lowest BCUT2D eigenvalue weighted by Crippen LogP contribution is -2.30. The Kier molecular flexibility index (Phi) is 5.57. The second-order valence-corrected chi connectivity index (χ2v) is 6.14. The summed E-state index contributed by atoms with van der Waals surface area (Å²) >= 11 is 5.92. The first-order valence-corrected chi connectivity index (χ1v) is 8.58. The average Bonchev–Trinajstić information content (AvgIpc) is 2.66. The summed E-state index contributed by atoms with van der Waals surface area (Å²) in [6.07, 6.45) is 0.875. The van der Waals surface area contributed by atoms with E-state index in [4.69, 9.17) is 21.1 Å². The predicted molar refractivity (Wildman–Crippen MR) is 104 cm³/mol. The minimum Gasteiger partial charge on any atom is -0.497 e. The maximum absolute atomic E-state index is 13.1. The number of para-hydroxylation sites is 1. The minimum atomic E-state index is -0.604. The van der Waals surface area contributed by atoms with E-state index in [0.717, 1.165) is 11.1 Å². The van der Waals surface area contributed by atoms with Crippen molar-refractivity contribution in [3.05, 3.63) is 71.1 Å². The quantitative estimate of drug-likeness (QED) is 0.587. The number of hydrogen-bond donors (Lipinski definition) is 0. The van der Waals surface area contributed by atoms with E-state index in [1.807, 2.05) is 32.0 Å². The number of ether oxygens (including phenoxy) is 2. The molecule has 0 radical (unpaired) electrons. The maximum Gasteiger partial charge on any atom is 0.425 e. The molecule has 2 aromatic carbocycles. The maximum atomic E-state index is 13.1. The summed E-state index contributed by atoms with van der Waals surface area (Å²) in [6.45, 7) is 3.77. The third kappa shape index (κ3) is 4.17. The van der Waals surface area contributed by atoms with Crippen molar-refractivity contribution in [1.82, 2.24) is 9.97 Å². The van der Waals surface area contributed by atoms with E-state index in [-0.39, 0.29) is 5.28 Å². The number of hydrogen-bond acceptors (Lipinski definition) is 5. The van der Waals surface area contributed by atoms with Crippen LogP contribution in [0.2, 0.25) is 5.28 Å². The fourth-order valence-corrected chi connectivity index (χ4v) is 2.75. The van der Waals surface area contributed by atoms with Crippen LogP contribution in [0.25, 0.3) is 0 Å². The van der Waals surface area contributed by atoms with Crippen LogP contribution in [-0.4, -0.2) is 23.2 Å². The lowest BCUT2D eigenvalue weighted by Gasteiger charge is -2.22. The molecule has 0 aliphatic heterocycles. The van der Waals surface area contributed by atoms with Crippen LogP contribution < -0.4 is 14.4 Å². The third-order valence-corrected chi connectivity index (χ3v) is 4.13. The van der Waals surface area contributed by atoms with Crippen molar-refractivity contribution < 1.29 is 14.3 Å². The smallest absolute Gasteiger partial charge is 0.425 e. The summed E-state index contributed by atoms with van der Waals surface area (Å²) in [5.74, 6) is 1.49. The molecule has 1 amide bonds. The Morgan fingerprint density at radius 1 is 1.04 bits per heavy atom. The third-order valence-electron chi connectivity index (χ3n) is 3.95. The van der Waals surface area contributed by atoms with Gasteiger partial charge in [-0.25, -0.2) is 14.7 Å². The molecule has 3 rings (SSSR count). The molecule has 0 aliphatic carbocycles. The normalized spacial score (nSPS) is 10.4. The molecule has 0 unspecified atom stereocenters. The molecule has 1 aromatic heterocycles. The molecule has 0 atom stereocenters. The summed E-state index contributed by atoms with van der Waals surface area (Å²) in [5, 5.41) is 0.0332. The van der Waals surface area contributed by atoms with Gasteiger partial charge < -0.3 is 9.47 Å². The van der Waals surface area contributed by atoms with E-state index >= 15 is 0 Å². The number of amides is 1. The second kappa shape index (κ2) is 8.05. The van der Waals surface area contributed by atoms with Crippen LogP contribution in [-0.2, 0) is 0 Å². The van der Waals surface area contributed by atoms with Crippen LogP contribution >= 0.6 is 11.6 Å². The SMILES string of the molecule is COc1ccc(N(C(=O)Oc2c(C)cccc2C)c2ccnc(Cl)n2)cc1. The Bertz CT molecular complexity index is 941. The molecule has 3 aromatic rings. The molecule has 0 fully saturated rings. The van der Waals surface area contributed by atoms with Gasteiger partial charge in [-0.05, 0) is 60.8 Å². The summed E-state index contributed by atoms with van der Waals surface area (Å²) in [6, 6.07) is 14.2. The Balaban J connectivity index is 2.02. The van der Waals surface area contributed by atoms with Crippen molar-refractivity contribution >= 4 is 29.2 Å². The van der Waals surface area contributed by atoms with Gasteiger partial charge in [-0.3, -0.25) is 0 Å². The summed E-state index contributed by atoms with van der Waals surface area (Å²) in [4.78, 5) is 22.4. The van der Waals surface area contributed by atoms with Crippen LogP contribution in [0.1, 0.15) is 11.1 Å². The van der Waals surface area contributed by atoms with Crippen LogP contribution in [0.3, 0.4) is 0 Å². The van der Waals surface area contributed by atoms with Gasteiger partial charge in [-0.2, -0.15) is 4.98 Å². The van der Waals surface area contributed by atoms with Crippen LogP contribution in [0.5, 0.6) is 11.5 Å². The predicted octanol–water partition coefficient (Wildman–Crippen LogP) is 5.09. The number of aromatic nitrogens is 2. The van der Waals surface area contributed by atoms with E-state index in [2.05, 4.69) is 9.97 Å². The Morgan fingerprint density at radius 3 is 2.30 bits per heavy atom. The van der Waals surface area contributed by atoms with Crippen molar-refractivity contribution in [2.24, 2.45) is 0 Å². The standard InChI is InChI=1S/C20H18ClN3O3/c1-13-5-4-6-14(2)18(13)27-20(25)24(17-11-12-22-19(21)23-17)15-7-9-16(26-3)10-8-15/h4-12H,1-3H3. The second-order valence-electron chi connectivity index (χ2n) is 5.81. The topological polar surface area (TPSA) is 64.5 Å². The van der Waals surface area contributed by atoms with Crippen molar-refractivity contribution in [3.8, 4) is 11.5 Å². The molecule has 0 N–H and O–H groups in total. The zero-order valence-electron chi connectivity index (χ0n) is 15.1. The zero-order valence-corrected chi connectivity index (χ0v) is 15.9. The summed E-state index contributed by atoms with van der Waals surface area (Å²) in [5.41, 5.74) is 2.28. The Morgan fingerprint density at radius 2 is 1.70 bits per heavy atom. The molecular weight excluding hydrogens is 366 g/mol. The molecule has 0 spiro atoms. The molecule has 0 saturated carbocycles. The number of carbonyl (C=O) groups is 1. The molecule has 27 heavy (non-hydrogen) atoms. The Hall–Kier alpha value is -3.12. The fourth-order valence-electron chi connectivity index (χ4n) is 2.61. The van der Waals surface area contributed by atoms with E-state index in [1.54, 1.807) is 37.4 Å². The molecule has 0 aliphatic rings. The van der Waals surface area contributed by atoms with Gasteiger partial charge in [0, 0.05) is 12.3 Å². The van der Waals surface area contributed by atoms with Gasteiger partial charge >= 0.3 is 6.09 Å². The lowest BCUT2D eigenvalue weighted by atomic mass is 10.1. The van der Waals surface area contributed by atoms with Gasteiger partial charge in [-0.15, -0.1) is 0 Å². The van der Waals surface area contributed by atoms with Crippen molar-refractivity contribution in [2.45, 2.75) is 13.8 Å². The van der Waals surface area contributed by atoms with E-state index in [9.17, 15) is 4.79 Å². The molecule has 138 valence electrons. The van der Waals surface area contributed by atoms with Crippen LogP contribution in [0, 0.1) is 13.8 Å². The highest BCUT2D eigenvalue weighted by Crippen LogP contribution is 2.29. The van der Waals surface area contributed by atoms with Crippen molar-refractivity contribution in [1.29, 1.82) is 0 Å². The highest BCUT2D eigenvalue weighted by Gasteiger charge is 2.23. The van der Waals surface area contributed by atoms with Crippen LogP contribution in [0.15, 0.2) is 54.7 Å².